The normalized spacial score (nSPS) is 31.4. The number of methoxy groups -OCH3 is 1. The standard InChI is InChI=1S/C14H17ClN4O2/c1-18-9-7-16-11(15)17-10(9)19(12(18)20)13-3-5-14(8-13,21-2)6-4-13/h7H,3-6,8H2,1-2H3. The van der Waals surface area contributed by atoms with E-state index in [0.717, 1.165) is 37.6 Å². The Kier molecular flexibility index (Phi) is 2.58. The van der Waals surface area contributed by atoms with Gasteiger partial charge in [-0.3, -0.25) is 9.13 Å². The third-order valence-electron chi connectivity index (χ3n) is 5.42. The van der Waals surface area contributed by atoms with Crippen LogP contribution in [0, 0.1) is 0 Å². The summed E-state index contributed by atoms with van der Waals surface area (Å²) < 4.78 is 9.18. The van der Waals surface area contributed by atoms with Crippen LogP contribution in [0.2, 0.25) is 5.28 Å². The highest BCUT2D eigenvalue weighted by molar-refractivity contribution is 6.28. The first-order valence-electron chi connectivity index (χ1n) is 7.16. The van der Waals surface area contributed by atoms with Gasteiger partial charge in [-0.25, -0.2) is 9.78 Å². The Morgan fingerprint density at radius 3 is 2.67 bits per heavy atom. The third-order valence-corrected chi connectivity index (χ3v) is 5.60. The third kappa shape index (κ3) is 1.60. The van der Waals surface area contributed by atoms with Crippen molar-refractivity contribution in [2.75, 3.05) is 7.11 Å². The number of aryl methyl sites for hydroxylation is 1. The molecule has 2 fully saturated rings. The van der Waals surface area contributed by atoms with Crippen molar-refractivity contribution in [1.29, 1.82) is 0 Å². The molecule has 21 heavy (non-hydrogen) atoms. The van der Waals surface area contributed by atoms with E-state index in [-0.39, 0.29) is 22.1 Å². The highest BCUT2D eigenvalue weighted by atomic mass is 35.5. The summed E-state index contributed by atoms with van der Waals surface area (Å²) in [5.74, 6) is 0. The monoisotopic (exact) mass is 308 g/mol. The molecule has 0 atom stereocenters. The molecule has 6 nitrogen and oxygen atoms in total. The number of ether oxygens (including phenoxy) is 1. The summed E-state index contributed by atoms with van der Waals surface area (Å²) in [7, 11) is 3.52. The van der Waals surface area contributed by atoms with Gasteiger partial charge in [0.1, 0.15) is 5.52 Å². The van der Waals surface area contributed by atoms with Crippen LogP contribution in [-0.2, 0) is 17.3 Å². The second-order valence-corrected chi connectivity index (χ2v) is 6.65. The molecule has 0 saturated heterocycles. The minimum absolute atomic E-state index is 0.0460. The van der Waals surface area contributed by atoms with Crippen LogP contribution in [0.25, 0.3) is 11.2 Å². The number of fused-ring (bicyclic) bond motifs is 3. The molecule has 2 heterocycles. The smallest absolute Gasteiger partial charge is 0.330 e. The van der Waals surface area contributed by atoms with E-state index in [4.69, 9.17) is 16.3 Å². The number of rotatable bonds is 2. The van der Waals surface area contributed by atoms with Gasteiger partial charge >= 0.3 is 5.69 Å². The zero-order valence-corrected chi connectivity index (χ0v) is 12.9. The Balaban J connectivity index is 1.98. The molecule has 2 bridgehead atoms. The molecule has 2 aromatic heterocycles. The summed E-state index contributed by atoms with van der Waals surface area (Å²) in [5.41, 5.74) is 1.05. The van der Waals surface area contributed by atoms with Crippen LogP contribution in [0.5, 0.6) is 0 Å². The second kappa shape index (κ2) is 4.08. The Hall–Kier alpha value is -1.40. The van der Waals surface area contributed by atoms with E-state index < -0.39 is 0 Å². The van der Waals surface area contributed by atoms with Gasteiger partial charge in [-0.1, -0.05) is 0 Å². The number of aromatic nitrogens is 4. The van der Waals surface area contributed by atoms with Crippen molar-refractivity contribution >= 4 is 22.8 Å². The molecule has 0 unspecified atom stereocenters. The van der Waals surface area contributed by atoms with Gasteiger partial charge in [-0.05, 0) is 37.3 Å². The van der Waals surface area contributed by atoms with Crippen LogP contribution in [-0.4, -0.2) is 31.8 Å². The van der Waals surface area contributed by atoms with Crippen LogP contribution in [0.15, 0.2) is 11.0 Å². The predicted molar refractivity (Wildman–Crippen MR) is 78.6 cm³/mol. The summed E-state index contributed by atoms with van der Waals surface area (Å²) in [4.78, 5) is 21.0. The summed E-state index contributed by atoms with van der Waals surface area (Å²) >= 11 is 5.94. The number of imidazole rings is 1. The minimum Gasteiger partial charge on any atom is -0.378 e. The highest BCUT2D eigenvalue weighted by Gasteiger charge is 2.57. The van der Waals surface area contributed by atoms with Crippen molar-refractivity contribution in [3.8, 4) is 0 Å². The lowest BCUT2D eigenvalue weighted by molar-refractivity contribution is -0.000342. The molecule has 0 aliphatic heterocycles. The number of nitrogens with zero attached hydrogens (tertiary/aromatic N) is 4. The van der Waals surface area contributed by atoms with Gasteiger partial charge in [0.15, 0.2) is 5.65 Å². The Morgan fingerprint density at radius 1 is 1.33 bits per heavy atom. The van der Waals surface area contributed by atoms with E-state index >= 15 is 0 Å². The molecule has 0 radical (unpaired) electrons. The fourth-order valence-corrected chi connectivity index (χ4v) is 4.35. The van der Waals surface area contributed by atoms with E-state index in [2.05, 4.69) is 9.97 Å². The lowest BCUT2D eigenvalue weighted by Crippen LogP contribution is -2.38. The maximum absolute atomic E-state index is 12.7. The Bertz CT molecular complexity index is 786. The van der Waals surface area contributed by atoms with Gasteiger partial charge in [0.25, 0.3) is 0 Å². The molecule has 0 aromatic carbocycles. The van der Waals surface area contributed by atoms with E-state index in [1.807, 2.05) is 4.57 Å². The molecule has 112 valence electrons. The topological polar surface area (TPSA) is 61.9 Å². The van der Waals surface area contributed by atoms with Gasteiger partial charge in [0, 0.05) is 20.6 Å². The molecule has 0 spiro atoms. The van der Waals surface area contributed by atoms with Gasteiger partial charge in [0.2, 0.25) is 5.28 Å². The molecule has 4 rings (SSSR count). The summed E-state index contributed by atoms with van der Waals surface area (Å²) in [6.07, 6.45) is 6.36. The SMILES string of the molecule is COC12CCC(n3c(=O)n(C)c4cnc(Cl)nc43)(CC1)C2. The zero-order chi connectivity index (χ0) is 14.8. The number of hydrogen-bond donors (Lipinski definition) is 0. The van der Waals surface area contributed by atoms with Crippen LogP contribution in [0.1, 0.15) is 32.1 Å². The maximum atomic E-state index is 12.7. The van der Waals surface area contributed by atoms with Crippen LogP contribution >= 0.6 is 11.6 Å². The van der Waals surface area contributed by atoms with Gasteiger partial charge in [0.05, 0.1) is 17.3 Å². The molecule has 2 aliphatic rings. The quantitative estimate of drug-likeness (QED) is 0.794. The van der Waals surface area contributed by atoms with Crippen LogP contribution in [0.3, 0.4) is 0 Å². The molecule has 0 N–H and O–H groups in total. The average Bonchev–Trinajstić information content (AvgIpc) is 3.10. The predicted octanol–water partition coefficient (Wildman–Crippen LogP) is 1.84. The average molecular weight is 309 g/mol. The number of hydrogen-bond acceptors (Lipinski definition) is 4. The summed E-state index contributed by atoms with van der Waals surface area (Å²) in [5, 5.41) is 0.173. The van der Waals surface area contributed by atoms with Crippen molar-refractivity contribution < 1.29 is 4.74 Å². The molecule has 7 heteroatoms. The fraction of sp³-hybridized carbons (Fsp3) is 0.643. The van der Waals surface area contributed by atoms with Gasteiger partial charge < -0.3 is 4.74 Å². The molecular formula is C14H17ClN4O2. The molecular weight excluding hydrogens is 292 g/mol. The molecule has 0 amide bonds. The first-order chi connectivity index (χ1) is 10.0. The van der Waals surface area contributed by atoms with E-state index in [1.54, 1.807) is 24.9 Å². The summed E-state index contributed by atoms with van der Waals surface area (Å²) in [6, 6.07) is 0. The van der Waals surface area contributed by atoms with Crippen molar-refractivity contribution in [3.05, 3.63) is 22.0 Å². The van der Waals surface area contributed by atoms with Crippen molar-refractivity contribution in [1.82, 2.24) is 19.1 Å². The van der Waals surface area contributed by atoms with E-state index in [0.29, 0.717) is 5.65 Å². The van der Waals surface area contributed by atoms with Crippen molar-refractivity contribution in [2.45, 2.75) is 43.2 Å². The zero-order valence-electron chi connectivity index (χ0n) is 12.1. The molecule has 2 aliphatic carbocycles. The minimum atomic E-state index is -0.190. The van der Waals surface area contributed by atoms with Crippen molar-refractivity contribution in [3.63, 3.8) is 0 Å². The van der Waals surface area contributed by atoms with E-state index in [1.165, 1.54) is 0 Å². The van der Waals surface area contributed by atoms with Crippen LogP contribution < -0.4 is 5.69 Å². The largest absolute Gasteiger partial charge is 0.378 e. The molecule has 2 aromatic rings. The lowest BCUT2D eigenvalue weighted by Gasteiger charge is -2.27. The van der Waals surface area contributed by atoms with Gasteiger partial charge in [-0.15, -0.1) is 0 Å². The first-order valence-corrected chi connectivity index (χ1v) is 7.54. The second-order valence-electron chi connectivity index (χ2n) is 6.31. The number of halogens is 1. The Morgan fingerprint density at radius 2 is 2.05 bits per heavy atom. The van der Waals surface area contributed by atoms with Crippen molar-refractivity contribution in [2.24, 2.45) is 7.05 Å². The Labute approximate surface area is 126 Å². The summed E-state index contributed by atoms with van der Waals surface area (Å²) in [6.45, 7) is 0. The first kappa shape index (κ1) is 13.3. The van der Waals surface area contributed by atoms with E-state index in [9.17, 15) is 4.79 Å². The fourth-order valence-electron chi connectivity index (χ4n) is 4.22. The lowest BCUT2D eigenvalue weighted by atomic mass is 9.92. The highest BCUT2D eigenvalue weighted by Crippen LogP contribution is 2.56. The molecule has 2 saturated carbocycles. The van der Waals surface area contributed by atoms with Gasteiger partial charge in [-0.2, -0.15) is 4.98 Å². The maximum Gasteiger partial charge on any atom is 0.330 e. The van der Waals surface area contributed by atoms with Crippen LogP contribution in [0.4, 0.5) is 0 Å².